The average Bonchev–Trinajstić information content (AvgIpc) is 2.93. The van der Waals surface area contributed by atoms with E-state index in [1.807, 2.05) is 12.2 Å². The van der Waals surface area contributed by atoms with E-state index >= 15 is 0 Å². The van der Waals surface area contributed by atoms with Crippen LogP contribution in [-0.4, -0.2) is 27.4 Å². The molecule has 0 spiro atoms. The van der Waals surface area contributed by atoms with E-state index in [4.69, 9.17) is 4.74 Å². The molecule has 2 N–H and O–H groups in total. The van der Waals surface area contributed by atoms with Gasteiger partial charge < -0.3 is 14.9 Å². The van der Waals surface area contributed by atoms with Crippen molar-refractivity contribution in [2.24, 2.45) is 5.92 Å². The molecule has 1 atom stereocenters. The molecule has 27 heavy (non-hydrogen) atoms. The van der Waals surface area contributed by atoms with Crippen LogP contribution in [0.1, 0.15) is 82.8 Å². The van der Waals surface area contributed by atoms with Crippen molar-refractivity contribution in [3.05, 3.63) is 17.2 Å². The first-order chi connectivity index (χ1) is 13.1. The molecule has 0 aromatic carbocycles. The lowest BCUT2D eigenvalue weighted by Gasteiger charge is -2.14. The molecule has 1 heterocycles. The minimum absolute atomic E-state index is 0.114. The summed E-state index contributed by atoms with van der Waals surface area (Å²) >= 11 is 0. The zero-order valence-electron chi connectivity index (χ0n) is 16.9. The summed E-state index contributed by atoms with van der Waals surface area (Å²) < 4.78 is 7.00. The first kappa shape index (κ1) is 21.4. The fraction of sp³-hybridized carbons (Fsp3) is 0.682. The van der Waals surface area contributed by atoms with E-state index in [1.54, 1.807) is 4.57 Å². The molecule has 1 unspecified atom stereocenters. The van der Waals surface area contributed by atoms with Gasteiger partial charge in [0, 0.05) is 24.1 Å². The van der Waals surface area contributed by atoms with Gasteiger partial charge in [0.25, 0.3) is 0 Å². The first-order valence-corrected chi connectivity index (χ1v) is 10.5. The summed E-state index contributed by atoms with van der Waals surface area (Å²) in [7, 11) is 0. The number of aromatic hydroxyl groups is 2. The summed E-state index contributed by atoms with van der Waals surface area (Å²) in [5.74, 6) is 0.699. The quantitative estimate of drug-likeness (QED) is 0.389. The number of hydrogen-bond acceptors (Lipinski definition) is 4. The van der Waals surface area contributed by atoms with Gasteiger partial charge in [0.05, 0.1) is 6.61 Å². The summed E-state index contributed by atoms with van der Waals surface area (Å²) in [6.07, 6.45) is 13.0. The largest absolute Gasteiger partial charge is 0.494 e. The van der Waals surface area contributed by atoms with Gasteiger partial charge in [-0.1, -0.05) is 51.7 Å². The molecule has 0 fully saturated rings. The van der Waals surface area contributed by atoms with Crippen molar-refractivity contribution >= 4 is 12.0 Å². The van der Waals surface area contributed by atoms with Gasteiger partial charge in [0.15, 0.2) is 5.88 Å². The monoisotopic (exact) mass is 377 g/mol. The molecule has 0 radical (unpaired) electrons. The van der Waals surface area contributed by atoms with Crippen molar-refractivity contribution in [1.29, 1.82) is 0 Å². The molecule has 0 saturated heterocycles. The van der Waals surface area contributed by atoms with Gasteiger partial charge in [-0.15, -0.1) is 0 Å². The van der Waals surface area contributed by atoms with Crippen LogP contribution in [0.4, 0.5) is 0 Å². The third-order valence-corrected chi connectivity index (χ3v) is 5.48. The maximum Gasteiger partial charge on any atom is 0.305 e. The second-order valence-corrected chi connectivity index (χ2v) is 7.54. The van der Waals surface area contributed by atoms with E-state index in [-0.39, 0.29) is 17.7 Å². The highest BCUT2D eigenvalue weighted by molar-refractivity contribution is 5.69. The van der Waals surface area contributed by atoms with Gasteiger partial charge in [0.2, 0.25) is 5.88 Å². The molecule has 1 aliphatic carbocycles. The molecule has 0 aliphatic heterocycles. The lowest BCUT2D eigenvalue weighted by molar-refractivity contribution is -0.145. The average molecular weight is 378 g/mol. The van der Waals surface area contributed by atoms with Crippen LogP contribution in [0.15, 0.2) is 6.08 Å². The van der Waals surface area contributed by atoms with Crippen molar-refractivity contribution in [3.8, 4) is 11.8 Å². The molecular formula is C22H35NO4. The molecule has 1 aliphatic rings. The zero-order chi connectivity index (χ0) is 19.6. The van der Waals surface area contributed by atoms with Gasteiger partial charge in [0.1, 0.15) is 0 Å². The predicted octanol–water partition coefficient (Wildman–Crippen LogP) is 5.18. The molecular weight excluding hydrogens is 342 g/mol. The van der Waals surface area contributed by atoms with Crippen molar-refractivity contribution < 1.29 is 19.7 Å². The fourth-order valence-corrected chi connectivity index (χ4v) is 3.62. The molecule has 0 saturated carbocycles. The van der Waals surface area contributed by atoms with Gasteiger partial charge >= 0.3 is 5.97 Å². The molecule has 5 heteroatoms. The Morgan fingerprint density at radius 1 is 1.19 bits per heavy atom. The smallest absolute Gasteiger partial charge is 0.305 e. The molecule has 152 valence electrons. The maximum atomic E-state index is 11.9. The number of aromatic nitrogens is 1. The van der Waals surface area contributed by atoms with E-state index in [2.05, 4.69) is 13.8 Å². The topological polar surface area (TPSA) is 71.7 Å². The lowest BCUT2D eigenvalue weighted by Crippen LogP contribution is -2.13. The van der Waals surface area contributed by atoms with Crippen molar-refractivity contribution in [2.75, 3.05) is 6.61 Å². The molecule has 1 aromatic heterocycles. The minimum atomic E-state index is -0.114. The van der Waals surface area contributed by atoms with Crippen LogP contribution in [0.25, 0.3) is 6.08 Å². The van der Waals surface area contributed by atoms with Gasteiger partial charge in [-0.05, 0) is 38.0 Å². The highest BCUT2D eigenvalue weighted by atomic mass is 16.5. The Labute approximate surface area is 163 Å². The zero-order valence-corrected chi connectivity index (χ0v) is 16.9. The Kier molecular flexibility index (Phi) is 8.76. The van der Waals surface area contributed by atoms with E-state index in [0.717, 1.165) is 56.1 Å². The SMILES string of the molecule is CCCCC(CC)COC(=O)CCCCCn1c(O)c2c(c1O)CCC=C2. The highest BCUT2D eigenvalue weighted by Gasteiger charge is 2.21. The molecule has 2 rings (SSSR count). The van der Waals surface area contributed by atoms with Crippen LogP contribution in [0.5, 0.6) is 11.8 Å². The third kappa shape index (κ3) is 6.05. The van der Waals surface area contributed by atoms with Crippen LogP contribution >= 0.6 is 0 Å². The van der Waals surface area contributed by atoms with Crippen molar-refractivity contribution in [2.45, 2.75) is 84.6 Å². The van der Waals surface area contributed by atoms with E-state index < -0.39 is 0 Å². The van der Waals surface area contributed by atoms with Crippen molar-refractivity contribution in [1.82, 2.24) is 4.57 Å². The van der Waals surface area contributed by atoms with E-state index in [9.17, 15) is 15.0 Å². The van der Waals surface area contributed by atoms with Crippen LogP contribution in [0.3, 0.4) is 0 Å². The van der Waals surface area contributed by atoms with Gasteiger partial charge in [-0.2, -0.15) is 0 Å². The second kappa shape index (κ2) is 11.1. The van der Waals surface area contributed by atoms with Gasteiger partial charge in [-0.3, -0.25) is 9.36 Å². The number of fused-ring (bicyclic) bond motifs is 1. The number of esters is 1. The highest BCUT2D eigenvalue weighted by Crippen LogP contribution is 2.38. The summed E-state index contributed by atoms with van der Waals surface area (Å²) in [6.45, 7) is 5.42. The summed E-state index contributed by atoms with van der Waals surface area (Å²) in [5, 5.41) is 20.6. The number of hydrogen-bond donors (Lipinski definition) is 2. The van der Waals surface area contributed by atoms with Crippen LogP contribution in [0, 0.1) is 5.92 Å². The molecule has 0 bridgehead atoms. The predicted molar refractivity (Wildman–Crippen MR) is 108 cm³/mol. The summed E-state index contributed by atoms with van der Waals surface area (Å²) in [5.41, 5.74) is 1.59. The van der Waals surface area contributed by atoms with Gasteiger partial charge in [-0.25, -0.2) is 0 Å². The number of allylic oxidation sites excluding steroid dienone is 1. The number of carbonyl (C=O) groups excluding carboxylic acids is 1. The molecule has 0 amide bonds. The fourth-order valence-electron chi connectivity index (χ4n) is 3.62. The van der Waals surface area contributed by atoms with E-state index in [0.29, 0.717) is 25.5 Å². The Balaban J connectivity index is 1.65. The van der Waals surface area contributed by atoms with Crippen LogP contribution < -0.4 is 0 Å². The second-order valence-electron chi connectivity index (χ2n) is 7.54. The standard InChI is InChI=1S/C22H35NO4/c1-3-5-11-17(4-2)16-27-20(24)14-7-6-10-15-23-21(25)18-12-8-9-13-19(18)22(23)26/h8,12,17,25-26H,3-7,9-11,13-16H2,1-2H3. The Bertz CT molecular complexity index is 633. The molecule has 5 nitrogen and oxygen atoms in total. The normalized spacial score (nSPS) is 14.1. The third-order valence-electron chi connectivity index (χ3n) is 5.48. The summed E-state index contributed by atoms with van der Waals surface area (Å²) in [6, 6.07) is 0. The Morgan fingerprint density at radius 2 is 2.00 bits per heavy atom. The number of ether oxygens (including phenoxy) is 1. The number of carbonyl (C=O) groups is 1. The van der Waals surface area contributed by atoms with Crippen molar-refractivity contribution in [3.63, 3.8) is 0 Å². The minimum Gasteiger partial charge on any atom is -0.494 e. The lowest BCUT2D eigenvalue weighted by atomic mass is 10.0. The number of nitrogens with zero attached hydrogens (tertiary/aromatic N) is 1. The Hall–Kier alpha value is -1.91. The Morgan fingerprint density at radius 3 is 2.70 bits per heavy atom. The number of rotatable bonds is 12. The van der Waals surface area contributed by atoms with Crippen LogP contribution in [-0.2, 0) is 22.5 Å². The maximum absolute atomic E-state index is 11.9. The molecule has 1 aromatic rings. The first-order valence-electron chi connectivity index (χ1n) is 10.5. The van der Waals surface area contributed by atoms with Crippen LogP contribution in [0.2, 0.25) is 0 Å². The number of unbranched alkanes of at least 4 members (excludes halogenated alkanes) is 3. The van der Waals surface area contributed by atoms with E-state index in [1.165, 1.54) is 12.8 Å². The summed E-state index contributed by atoms with van der Waals surface area (Å²) in [4.78, 5) is 11.9.